The fourth-order valence-electron chi connectivity index (χ4n) is 1.84. The number of hydrogen-bond donors (Lipinski definition) is 1. The van der Waals surface area contributed by atoms with Crippen molar-refractivity contribution in [1.82, 2.24) is 4.90 Å². The predicted molar refractivity (Wildman–Crippen MR) is 76.5 cm³/mol. The first-order valence-electron chi connectivity index (χ1n) is 6.80. The molecule has 0 bridgehead atoms. The van der Waals surface area contributed by atoms with Crippen molar-refractivity contribution in [3.8, 4) is 0 Å². The molecule has 1 rings (SSSR count). The van der Waals surface area contributed by atoms with Gasteiger partial charge in [0.15, 0.2) is 0 Å². The zero-order valence-corrected chi connectivity index (χ0v) is 11.6. The molecule has 0 heterocycles. The Morgan fingerprint density at radius 2 is 1.89 bits per heavy atom. The molecule has 0 radical (unpaired) electrons. The summed E-state index contributed by atoms with van der Waals surface area (Å²) in [6, 6.07) is 10.6. The van der Waals surface area contributed by atoms with Crippen molar-refractivity contribution in [1.29, 1.82) is 0 Å². The predicted octanol–water partition coefficient (Wildman–Crippen LogP) is 2.26. The SMILES string of the molecule is CC(C)OCCN(CCCN)Cc1ccccc1. The van der Waals surface area contributed by atoms with E-state index in [2.05, 4.69) is 49.1 Å². The highest BCUT2D eigenvalue weighted by Gasteiger charge is 2.06. The van der Waals surface area contributed by atoms with Crippen molar-refractivity contribution < 1.29 is 4.74 Å². The van der Waals surface area contributed by atoms with Crippen LogP contribution >= 0.6 is 0 Å². The summed E-state index contributed by atoms with van der Waals surface area (Å²) in [4.78, 5) is 2.41. The summed E-state index contributed by atoms with van der Waals surface area (Å²) in [6.45, 7) is 8.65. The van der Waals surface area contributed by atoms with Crippen molar-refractivity contribution in [2.45, 2.75) is 32.9 Å². The van der Waals surface area contributed by atoms with Crippen LogP contribution in [0.4, 0.5) is 0 Å². The van der Waals surface area contributed by atoms with E-state index < -0.39 is 0 Å². The molecule has 0 saturated heterocycles. The van der Waals surface area contributed by atoms with Crippen LogP contribution < -0.4 is 5.73 Å². The van der Waals surface area contributed by atoms with Crippen LogP contribution in [0.1, 0.15) is 25.8 Å². The molecule has 3 heteroatoms. The van der Waals surface area contributed by atoms with E-state index in [1.807, 2.05) is 0 Å². The summed E-state index contributed by atoms with van der Waals surface area (Å²) < 4.78 is 5.62. The van der Waals surface area contributed by atoms with Gasteiger partial charge in [0.1, 0.15) is 0 Å². The molecule has 0 atom stereocenters. The van der Waals surface area contributed by atoms with E-state index in [9.17, 15) is 0 Å². The zero-order chi connectivity index (χ0) is 13.2. The topological polar surface area (TPSA) is 38.5 Å². The van der Waals surface area contributed by atoms with E-state index in [1.54, 1.807) is 0 Å². The van der Waals surface area contributed by atoms with Gasteiger partial charge in [-0.15, -0.1) is 0 Å². The second-order valence-electron chi connectivity index (χ2n) is 4.82. The maximum absolute atomic E-state index is 5.62. The first-order valence-corrected chi connectivity index (χ1v) is 6.80. The molecule has 18 heavy (non-hydrogen) atoms. The van der Waals surface area contributed by atoms with Gasteiger partial charge in [-0.3, -0.25) is 4.90 Å². The molecule has 0 saturated carbocycles. The lowest BCUT2D eigenvalue weighted by Crippen LogP contribution is -2.30. The quantitative estimate of drug-likeness (QED) is 0.730. The lowest BCUT2D eigenvalue weighted by Gasteiger charge is -2.22. The largest absolute Gasteiger partial charge is 0.377 e. The molecule has 0 aliphatic rings. The molecule has 0 spiro atoms. The van der Waals surface area contributed by atoms with Crippen LogP contribution in [0.3, 0.4) is 0 Å². The maximum Gasteiger partial charge on any atom is 0.0597 e. The maximum atomic E-state index is 5.62. The van der Waals surface area contributed by atoms with E-state index in [0.717, 1.165) is 39.2 Å². The summed E-state index contributed by atoms with van der Waals surface area (Å²) in [6.07, 6.45) is 1.34. The first-order chi connectivity index (χ1) is 8.72. The van der Waals surface area contributed by atoms with Gasteiger partial charge in [-0.05, 0) is 38.9 Å². The third kappa shape index (κ3) is 6.74. The van der Waals surface area contributed by atoms with Crippen LogP contribution in [-0.4, -0.2) is 37.2 Å². The van der Waals surface area contributed by atoms with Crippen molar-refractivity contribution >= 4 is 0 Å². The monoisotopic (exact) mass is 250 g/mol. The smallest absolute Gasteiger partial charge is 0.0597 e. The molecule has 0 unspecified atom stereocenters. The van der Waals surface area contributed by atoms with Crippen molar-refractivity contribution in [2.24, 2.45) is 5.73 Å². The Balaban J connectivity index is 2.39. The Morgan fingerprint density at radius 1 is 1.17 bits per heavy atom. The van der Waals surface area contributed by atoms with E-state index in [1.165, 1.54) is 5.56 Å². The van der Waals surface area contributed by atoms with Gasteiger partial charge >= 0.3 is 0 Å². The average molecular weight is 250 g/mol. The molecular formula is C15H26N2O. The van der Waals surface area contributed by atoms with Crippen LogP contribution in [0.2, 0.25) is 0 Å². The summed E-state index contributed by atoms with van der Waals surface area (Å²) >= 11 is 0. The van der Waals surface area contributed by atoms with Crippen molar-refractivity contribution in [3.05, 3.63) is 35.9 Å². The second-order valence-corrected chi connectivity index (χ2v) is 4.82. The van der Waals surface area contributed by atoms with Gasteiger partial charge in [0, 0.05) is 13.1 Å². The summed E-state index contributed by atoms with van der Waals surface area (Å²) in [5, 5.41) is 0. The van der Waals surface area contributed by atoms with Crippen molar-refractivity contribution in [3.63, 3.8) is 0 Å². The molecule has 0 aliphatic carbocycles. The number of rotatable bonds is 9. The van der Waals surface area contributed by atoms with Crippen LogP contribution in [-0.2, 0) is 11.3 Å². The molecule has 3 nitrogen and oxygen atoms in total. The Morgan fingerprint density at radius 3 is 2.50 bits per heavy atom. The fourth-order valence-corrected chi connectivity index (χ4v) is 1.84. The normalized spacial score (nSPS) is 11.4. The third-order valence-corrected chi connectivity index (χ3v) is 2.79. The number of benzene rings is 1. The summed E-state index contributed by atoms with van der Waals surface area (Å²) in [5.41, 5.74) is 6.94. The van der Waals surface area contributed by atoms with Gasteiger partial charge in [-0.25, -0.2) is 0 Å². The lowest BCUT2D eigenvalue weighted by atomic mass is 10.2. The van der Waals surface area contributed by atoms with E-state index in [-0.39, 0.29) is 0 Å². The molecule has 0 fully saturated rings. The Labute approximate surface area is 111 Å². The van der Waals surface area contributed by atoms with Crippen LogP contribution in [0.15, 0.2) is 30.3 Å². The molecule has 2 N–H and O–H groups in total. The third-order valence-electron chi connectivity index (χ3n) is 2.79. The number of nitrogens with two attached hydrogens (primary N) is 1. The van der Waals surface area contributed by atoms with Crippen LogP contribution in [0, 0.1) is 0 Å². The Bertz CT molecular complexity index is 301. The van der Waals surface area contributed by atoms with Gasteiger partial charge in [0.05, 0.1) is 12.7 Å². The second kappa shape index (κ2) is 9.09. The summed E-state index contributed by atoms with van der Waals surface area (Å²) in [5.74, 6) is 0. The molecular weight excluding hydrogens is 224 g/mol. The highest BCUT2D eigenvalue weighted by atomic mass is 16.5. The Kier molecular flexibility index (Phi) is 7.65. The van der Waals surface area contributed by atoms with Crippen LogP contribution in [0.25, 0.3) is 0 Å². The molecule has 1 aromatic carbocycles. The Hall–Kier alpha value is -0.900. The van der Waals surface area contributed by atoms with E-state index in [0.29, 0.717) is 6.10 Å². The minimum absolute atomic E-state index is 0.304. The molecule has 0 aromatic heterocycles. The summed E-state index contributed by atoms with van der Waals surface area (Å²) in [7, 11) is 0. The van der Waals surface area contributed by atoms with Gasteiger partial charge in [-0.1, -0.05) is 30.3 Å². The molecule has 0 aliphatic heterocycles. The van der Waals surface area contributed by atoms with E-state index >= 15 is 0 Å². The van der Waals surface area contributed by atoms with Crippen molar-refractivity contribution in [2.75, 3.05) is 26.2 Å². The highest BCUT2D eigenvalue weighted by Crippen LogP contribution is 2.05. The van der Waals surface area contributed by atoms with Gasteiger partial charge < -0.3 is 10.5 Å². The molecule has 1 aromatic rings. The molecule has 102 valence electrons. The zero-order valence-electron chi connectivity index (χ0n) is 11.6. The lowest BCUT2D eigenvalue weighted by molar-refractivity contribution is 0.0573. The molecule has 0 amide bonds. The van der Waals surface area contributed by atoms with Crippen LogP contribution in [0.5, 0.6) is 0 Å². The van der Waals surface area contributed by atoms with Gasteiger partial charge in [0.2, 0.25) is 0 Å². The fraction of sp³-hybridized carbons (Fsp3) is 0.600. The van der Waals surface area contributed by atoms with Gasteiger partial charge in [-0.2, -0.15) is 0 Å². The minimum Gasteiger partial charge on any atom is -0.377 e. The average Bonchev–Trinajstić information content (AvgIpc) is 2.36. The number of hydrogen-bond acceptors (Lipinski definition) is 3. The van der Waals surface area contributed by atoms with Gasteiger partial charge in [0.25, 0.3) is 0 Å². The minimum atomic E-state index is 0.304. The number of nitrogens with zero attached hydrogens (tertiary/aromatic N) is 1. The highest BCUT2D eigenvalue weighted by molar-refractivity contribution is 5.14. The number of ether oxygens (including phenoxy) is 1. The standard InChI is InChI=1S/C15H26N2O/c1-14(2)18-12-11-17(10-6-9-16)13-15-7-4-3-5-8-15/h3-5,7-8,14H,6,9-13,16H2,1-2H3. The van der Waals surface area contributed by atoms with E-state index in [4.69, 9.17) is 10.5 Å². The first kappa shape index (κ1) is 15.2.